The van der Waals surface area contributed by atoms with Gasteiger partial charge in [-0.05, 0) is 19.3 Å². The molecule has 0 radical (unpaired) electrons. The van der Waals surface area contributed by atoms with Crippen LogP contribution < -0.4 is 0 Å². The Hall–Kier alpha value is -1.04. The van der Waals surface area contributed by atoms with Crippen LogP contribution in [0, 0.1) is 0 Å². The number of esters is 1. The van der Waals surface area contributed by atoms with E-state index in [0.717, 1.165) is 11.6 Å². The number of ether oxygens (including phenoxy) is 1. The average Bonchev–Trinajstić information content (AvgIpc) is 3.05. The van der Waals surface area contributed by atoms with Crippen molar-refractivity contribution in [1.82, 2.24) is 14.8 Å². The van der Waals surface area contributed by atoms with Crippen molar-refractivity contribution in [2.45, 2.75) is 42.6 Å². The van der Waals surface area contributed by atoms with Gasteiger partial charge in [0, 0.05) is 6.04 Å². The van der Waals surface area contributed by atoms with Gasteiger partial charge in [0.2, 0.25) is 0 Å². The van der Waals surface area contributed by atoms with Gasteiger partial charge in [-0.2, -0.15) is 0 Å². The van der Waals surface area contributed by atoms with Crippen LogP contribution in [0.2, 0.25) is 0 Å². The number of carbonyl (C=O) groups is 1. The normalized spacial score (nSPS) is 17.1. The van der Waals surface area contributed by atoms with Crippen molar-refractivity contribution in [2.75, 3.05) is 7.11 Å². The fourth-order valence-corrected chi connectivity index (χ4v) is 2.50. The van der Waals surface area contributed by atoms with E-state index in [-0.39, 0.29) is 11.2 Å². The summed E-state index contributed by atoms with van der Waals surface area (Å²) in [6.45, 7) is 1.96. The summed E-state index contributed by atoms with van der Waals surface area (Å²) in [5.74, 6) is -0.196. The van der Waals surface area contributed by atoms with Gasteiger partial charge >= 0.3 is 5.97 Å². The highest BCUT2D eigenvalue weighted by Crippen LogP contribution is 2.38. The second-order valence-corrected chi connectivity index (χ2v) is 4.96. The van der Waals surface area contributed by atoms with Crippen molar-refractivity contribution in [3.8, 4) is 0 Å². The molecule has 1 saturated carbocycles. The molecule has 0 bridgehead atoms. The zero-order valence-corrected chi connectivity index (χ0v) is 10.2. The average molecular weight is 241 g/mol. The molecule has 0 aliphatic heterocycles. The molecular weight excluding hydrogens is 226 g/mol. The van der Waals surface area contributed by atoms with Crippen molar-refractivity contribution in [1.29, 1.82) is 0 Å². The molecule has 1 aromatic heterocycles. The molecule has 0 aromatic carbocycles. The Balaban J connectivity index is 2.06. The van der Waals surface area contributed by atoms with Crippen LogP contribution in [-0.2, 0) is 9.53 Å². The lowest BCUT2D eigenvalue weighted by Crippen LogP contribution is -2.18. The zero-order chi connectivity index (χ0) is 11.5. The number of hydrogen-bond acceptors (Lipinski definition) is 5. The van der Waals surface area contributed by atoms with Crippen LogP contribution in [0.25, 0.3) is 0 Å². The molecular formula is C10H15N3O2S. The van der Waals surface area contributed by atoms with Crippen molar-refractivity contribution >= 4 is 17.7 Å². The van der Waals surface area contributed by atoms with Gasteiger partial charge < -0.3 is 9.30 Å². The minimum atomic E-state index is -0.196. The Morgan fingerprint density at radius 3 is 3.06 bits per heavy atom. The first-order valence-corrected chi connectivity index (χ1v) is 6.28. The molecule has 16 heavy (non-hydrogen) atoms. The number of hydrogen-bond donors (Lipinski definition) is 0. The summed E-state index contributed by atoms with van der Waals surface area (Å²) < 4.78 is 6.80. The van der Waals surface area contributed by atoms with Crippen LogP contribution >= 0.6 is 11.8 Å². The molecule has 5 nitrogen and oxygen atoms in total. The summed E-state index contributed by atoms with van der Waals surface area (Å²) in [6.07, 6.45) is 4.83. The van der Waals surface area contributed by atoms with Crippen molar-refractivity contribution in [3.63, 3.8) is 0 Å². The van der Waals surface area contributed by atoms with Gasteiger partial charge in [-0.3, -0.25) is 4.79 Å². The van der Waals surface area contributed by atoms with Crippen LogP contribution in [0.15, 0.2) is 11.5 Å². The molecule has 1 heterocycles. The van der Waals surface area contributed by atoms with Crippen LogP contribution in [-0.4, -0.2) is 33.1 Å². The fraction of sp³-hybridized carbons (Fsp3) is 0.700. The molecule has 88 valence electrons. The molecule has 1 unspecified atom stereocenters. The van der Waals surface area contributed by atoms with E-state index in [1.807, 2.05) is 6.92 Å². The van der Waals surface area contributed by atoms with Gasteiger partial charge in [0.1, 0.15) is 11.6 Å². The van der Waals surface area contributed by atoms with E-state index in [1.54, 1.807) is 6.33 Å². The third-order valence-corrected chi connectivity index (χ3v) is 3.88. The van der Waals surface area contributed by atoms with E-state index in [0.29, 0.717) is 6.04 Å². The SMILES string of the molecule is CCC(Sc1nncn1C1CC1)C(=O)OC. The first-order chi connectivity index (χ1) is 7.76. The van der Waals surface area contributed by atoms with Gasteiger partial charge in [0.25, 0.3) is 0 Å². The molecule has 0 spiro atoms. The molecule has 1 aliphatic rings. The topological polar surface area (TPSA) is 57.0 Å². The monoisotopic (exact) mass is 241 g/mol. The summed E-state index contributed by atoms with van der Waals surface area (Å²) in [6, 6.07) is 0.535. The first-order valence-electron chi connectivity index (χ1n) is 5.40. The Bertz CT molecular complexity index is 376. The minimum Gasteiger partial charge on any atom is -0.468 e. The van der Waals surface area contributed by atoms with E-state index < -0.39 is 0 Å². The molecule has 1 atom stereocenters. The summed E-state index contributed by atoms with van der Waals surface area (Å²) in [7, 11) is 1.41. The predicted octanol–water partition coefficient (Wildman–Crippen LogP) is 1.66. The molecule has 2 rings (SSSR count). The molecule has 1 aliphatic carbocycles. The molecule has 0 N–H and O–H groups in total. The number of rotatable bonds is 5. The Labute approximate surface area is 98.6 Å². The third kappa shape index (κ3) is 2.37. The molecule has 1 aromatic rings. The lowest BCUT2D eigenvalue weighted by Gasteiger charge is -2.11. The maximum atomic E-state index is 11.5. The molecule has 6 heteroatoms. The van der Waals surface area contributed by atoms with Crippen molar-refractivity contribution in [2.24, 2.45) is 0 Å². The highest BCUT2D eigenvalue weighted by Gasteiger charge is 2.28. The van der Waals surface area contributed by atoms with E-state index in [1.165, 1.54) is 31.7 Å². The highest BCUT2D eigenvalue weighted by atomic mass is 32.2. The van der Waals surface area contributed by atoms with E-state index in [9.17, 15) is 4.79 Å². The smallest absolute Gasteiger partial charge is 0.319 e. The maximum Gasteiger partial charge on any atom is 0.319 e. The second kappa shape index (κ2) is 4.86. The van der Waals surface area contributed by atoms with E-state index in [2.05, 4.69) is 14.8 Å². The van der Waals surface area contributed by atoms with Gasteiger partial charge in [-0.25, -0.2) is 0 Å². The van der Waals surface area contributed by atoms with Crippen LogP contribution in [0.4, 0.5) is 0 Å². The lowest BCUT2D eigenvalue weighted by atomic mass is 10.3. The standard InChI is InChI=1S/C10H15N3O2S/c1-3-8(9(14)15-2)16-10-12-11-6-13(10)7-4-5-7/h6-8H,3-5H2,1-2H3. The number of nitrogens with zero attached hydrogens (tertiary/aromatic N) is 3. The quantitative estimate of drug-likeness (QED) is 0.579. The Morgan fingerprint density at radius 2 is 2.50 bits per heavy atom. The number of methoxy groups -OCH3 is 1. The van der Waals surface area contributed by atoms with Crippen molar-refractivity contribution < 1.29 is 9.53 Å². The highest BCUT2D eigenvalue weighted by molar-refractivity contribution is 8.00. The van der Waals surface area contributed by atoms with Gasteiger partial charge in [0.15, 0.2) is 5.16 Å². The number of thioether (sulfide) groups is 1. The summed E-state index contributed by atoms with van der Waals surface area (Å²) in [5.41, 5.74) is 0. The third-order valence-electron chi connectivity index (χ3n) is 2.56. The molecule has 0 saturated heterocycles. The number of carbonyl (C=O) groups excluding carboxylic acids is 1. The van der Waals surface area contributed by atoms with Gasteiger partial charge in [0.05, 0.1) is 7.11 Å². The number of aromatic nitrogens is 3. The summed E-state index contributed by atoms with van der Waals surface area (Å²) >= 11 is 1.44. The van der Waals surface area contributed by atoms with Crippen LogP contribution in [0.1, 0.15) is 32.2 Å². The lowest BCUT2D eigenvalue weighted by molar-refractivity contribution is -0.140. The Morgan fingerprint density at radius 1 is 1.75 bits per heavy atom. The fourth-order valence-electron chi connectivity index (χ4n) is 1.48. The summed E-state index contributed by atoms with van der Waals surface area (Å²) in [4.78, 5) is 11.5. The first kappa shape index (κ1) is 11.4. The maximum absolute atomic E-state index is 11.5. The van der Waals surface area contributed by atoms with Gasteiger partial charge in [-0.1, -0.05) is 18.7 Å². The molecule has 0 amide bonds. The van der Waals surface area contributed by atoms with Crippen LogP contribution in [0.5, 0.6) is 0 Å². The minimum absolute atomic E-state index is 0.188. The second-order valence-electron chi connectivity index (χ2n) is 3.79. The Kier molecular flexibility index (Phi) is 3.48. The van der Waals surface area contributed by atoms with Gasteiger partial charge in [-0.15, -0.1) is 10.2 Å². The molecule has 1 fully saturated rings. The van der Waals surface area contributed by atoms with Crippen LogP contribution in [0.3, 0.4) is 0 Å². The van der Waals surface area contributed by atoms with E-state index >= 15 is 0 Å². The zero-order valence-electron chi connectivity index (χ0n) is 9.42. The summed E-state index contributed by atoms with van der Waals surface area (Å²) in [5, 5.41) is 8.58. The van der Waals surface area contributed by atoms with E-state index in [4.69, 9.17) is 4.74 Å². The van der Waals surface area contributed by atoms with Crippen molar-refractivity contribution in [3.05, 3.63) is 6.33 Å². The largest absolute Gasteiger partial charge is 0.468 e. The predicted molar refractivity (Wildman–Crippen MR) is 60.2 cm³/mol.